The maximum absolute atomic E-state index is 13.4. The van der Waals surface area contributed by atoms with E-state index in [0.29, 0.717) is 44.1 Å². The highest BCUT2D eigenvalue weighted by Gasteiger charge is 2.48. The molecule has 11 heteroatoms. The Labute approximate surface area is 215 Å². The molecule has 1 atom stereocenters. The number of hydrogen-bond donors (Lipinski definition) is 1. The van der Waals surface area contributed by atoms with Crippen LogP contribution in [0.15, 0.2) is 35.5 Å². The first kappa shape index (κ1) is 24.9. The van der Waals surface area contributed by atoms with E-state index in [4.69, 9.17) is 0 Å². The number of hydrogen-bond acceptors (Lipinski definition) is 7. The smallest absolute Gasteiger partial charge is 0.274 e. The Bertz CT molecular complexity index is 1200. The average Bonchev–Trinajstić information content (AvgIpc) is 3.59. The summed E-state index contributed by atoms with van der Waals surface area (Å²) < 4.78 is 1.52. The molecule has 2 aliphatic heterocycles. The van der Waals surface area contributed by atoms with E-state index in [2.05, 4.69) is 20.5 Å². The van der Waals surface area contributed by atoms with Gasteiger partial charge in [0.25, 0.3) is 11.8 Å². The topological polar surface area (TPSA) is 120 Å². The number of fused-ring (bicyclic) bond motifs is 1. The number of likely N-dealkylation sites (N-methyl/N-ethyl adjacent to an activating group) is 1. The third-order valence-electron chi connectivity index (χ3n) is 7.90. The zero-order chi connectivity index (χ0) is 26.2. The van der Waals surface area contributed by atoms with Crippen LogP contribution in [0.1, 0.15) is 60.5 Å². The maximum atomic E-state index is 13.4. The van der Waals surface area contributed by atoms with Gasteiger partial charge in [0.2, 0.25) is 5.91 Å². The van der Waals surface area contributed by atoms with Crippen LogP contribution >= 0.6 is 0 Å². The molecule has 3 amide bonds. The van der Waals surface area contributed by atoms with Crippen molar-refractivity contribution in [3.8, 4) is 0 Å². The van der Waals surface area contributed by atoms with Crippen LogP contribution in [0.3, 0.4) is 0 Å². The van der Waals surface area contributed by atoms with Gasteiger partial charge in [-0.15, -0.1) is 4.91 Å². The van der Waals surface area contributed by atoms with Gasteiger partial charge in [0.1, 0.15) is 16.9 Å². The lowest BCUT2D eigenvalue weighted by atomic mass is 9.94. The summed E-state index contributed by atoms with van der Waals surface area (Å²) in [6, 6.07) is 8.75. The highest BCUT2D eigenvalue weighted by Crippen LogP contribution is 2.29. The van der Waals surface area contributed by atoms with Crippen LogP contribution in [0.5, 0.6) is 0 Å². The second-order valence-corrected chi connectivity index (χ2v) is 10.2. The fourth-order valence-electron chi connectivity index (χ4n) is 5.71. The summed E-state index contributed by atoms with van der Waals surface area (Å²) >= 11 is 0. The molecule has 1 aromatic heterocycles. The Kier molecular flexibility index (Phi) is 6.70. The van der Waals surface area contributed by atoms with Crippen LogP contribution in [0.2, 0.25) is 0 Å². The SMILES string of the molecule is CCN1C(=O)c2cc(C(=O)N3CCN(c4ccc(N=O)cc4)CC3)nn2CC1(C)C(=O)NC1CCCC1. The van der Waals surface area contributed by atoms with Gasteiger partial charge in [-0.2, -0.15) is 5.10 Å². The molecule has 2 fully saturated rings. The van der Waals surface area contributed by atoms with Gasteiger partial charge in [0.05, 0.1) is 6.54 Å². The van der Waals surface area contributed by atoms with Gasteiger partial charge in [0, 0.05) is 50.5 Å². The third-order valence-corrected chi connectivity index (χ3v) is 7.90. The van der Waals surface area contributed by atoms with Crippen molar-refractivity contribution in [2.45, 2.75) is 57.7 Å². The molecule has 0 bridgehead atoms. The number of aromatic nitrogens is 2. The summed E-state index contributed by atoms with van der Waals surface area (Å²) in [7, 11) is 0. The summed E-state index contributed by atoms with van der Waals surface area (Å²) in [6.45, 7) is 6.50. The van der Waals surface area contributed by atoms with Gasteiger partial charge in [-0.1, -0.05) is 12.8 Å². The Morgan fingerprint density at radius 1 is 1.11 bits per heavy atom. The van der Waals surface area contributed by atoms with Crippen LogP contribution in [-0.2, 0) is 11.3 Å². The van der Waals surface area contributed by atoms with Gasteiger partial charge in [-0.25, -0.2) is 0 Å². The first-order valence-electron chi connectivity index (χ1n) is 13.0. The van der Waals surface area contributed by atoms with Gasteiger partial charge >= 0.3 is 0 Å². The van der Waals surface area contributed by atoms with Crippen molar-refractivity contribution in [3.63, 3.8) is 0 Å². The number of nitrogens with one attached hydrogen (secondary N) is 1. The van der Waals surface area contributed by atoms with Crippen molar-refractivity contribution >= 4 is 29.1 Å². The van der Waals surface area contributed by atoms with Crippen molar-refractivity contribution in [2.75, 3.05) is 37.6 Å². The van der Waals surface area contributed by atoms with Crippen LogP contribution in [0.25, 0.3) is 0 Å². The molecule has 1 aromatic carbocycles. The van der Waals surface area contributed by atoms with Crippen molar-refractivity contribution in [1.29, 1.82) is 0 Å². The van der Waals surface area contributed by atoms with Crippen LogP contribution in [0, 0.1) is 4.91 Å². The summed E-state index contributed by atoms with van der Waals surface area (Å²) in [5, 5.41) is 10.6. The van der Waals surface area contributed by atoms with Gasteiger partial charge < -0.3 is 20.0 Å². The summed E-state index contributed by atoms with van der Waals surface area (Å²) in [4.78, 5) is 56.2. The first-order chi connectivity index (χ1) is 17.8. The molecule has 0 radical (unpaired) electrons. The van der Waals surface area contributed by atoms with Gasteiger partial charge in [-0.3, -0.25) is 19.1 Å². The second kappa shape index (κ2) is 9.95. The summed E-state index contributed by atoms with van der Waals surface area (Å²) in [6.07, 6.45) is 4.13. The van der Waals surface area contributed by atoms with Crippen LogP contribution in [0.4, 0.5) is 11.4 Å². The van der Waals surface area contributed by atoms with E-state index in [9.17, 15) is 19.3 Å². The quantitative estimate of drug-likeness (QED) is 0.600. The highest BCUT2D eigenvalue weighted by atomic mass is 16.3. The number of amides is 3. The zero-order valence-electron chi connectivity index (χ0n) is 21.4. The molecule has 196 valence electrons. The average molecular weight is 508 g/mol. The molecule has 5 rings (SSSR count). The van der Waals surface area contributed by atoms with E-state index in [1.165, 1.54) is 4.68 Å². The number of nitrogens with zero attached hydrogens (tertiary/aromatic N) is 6. The van der Waals surface area contributed by atoms with E-state index >= 15 is 0 Å². The van der Waals surface area contributed by atoms with E-state index in [0.717, 1.165) is 31.4 Å². The van der Waals surface area contributed by atoms with E-state index in [1.807, 2.05) is 19.1 Å². The Balaban J connectivity index is 1.29. The van der Waals surface area contributed by atoms with Crippen LogP contribution < -0.4 is 10.2 Å². The van der Waals surface area contributed by atoms with E-state index < -0.39 is 5.54 Å². The third kappa shape index (κ3) is 4.58. The fourth-order valence-corrected chi connectivity index (χ4v) is 5.71. The predicted octanol–water partition coefficient (Wildman–Crippen LogP) is 2.54. The number of carbonyl (C=O) groups is 3. The monoisotopic (exact) mass is 507 g/mol. The number of piperazine rings is 1. The van der Waals surface area contributed by atoms with Crippen molar-refractivity contribution in [3.05, 3.63) is 46.6 Å². The standard InChI is InChI=1S/C26H33N7O4/c1-3-32-24(35)22-16-21(28-33(22)17-26(32,2)25(36)27-18-6-4-5-7-18)23(34)31-14-12-30(13-15-31)20-10-8-19(29-37)9-11-20/h8-11,16,18H,3-7,12-15,17H2,1-2H3,(H,27,36). The van der Waals surface area contributed by atoms with Crippen molar-refractivity contribution in [1.82, 2.24) is 24.9 Å². The molecule has 37 heavy (non-hydrogen) atoms. The fraction of sp³-hybridized carbons (Fsp3) is 0.538. The molecule has 11 nitrogen and oxygen atoms in total. The Hall–Kier alpha value is -3.76. The van der Waals surface area contributed by atoms with Crippen molar-refractivity contribution in [2.24, 2.45) is 5.18 Å². The normalized spacial score (nSPS) is 22.2. The summed E-state index contributed by atoms with van der Waals surface area (Å²) in [5.74, 6) is -0.686. The van der Waals surface area contributed by atoms with E-state index in [1.54, 1.807) is 34.9 Å². The number of nitroso groups, excluding NO2 is 1. The molecule has 2 aromatic rings. The Morgan fingerprint density at radius 3 is 2.41 bits per heavy atom. The largest absolute Gasteiger partial charge is 0.368 e. The molecule has 3 aliphatic rings. The molecular formula is C26H33N7O4. The first-order valence-corrected chi connectivity index (χ1v) is 13.0. The van der Waals surface area contributed by atoms with E-state index in [-0.39, 0.29) is 36.0 Å². The predicted molar refractivity (Wildman–Crippen MR) is 138 cm³/mol. The summed E-state index contributed by atoms with van der Waals surface area (Å²) in [5.41, 5.74) is 0.824. The minimum absolute atomic E-state index is 0.146. The van der Waals surface area contributed by atoms with Gasteiger partial charge in [-0.05, 0) is 56.1 Å². The molecule has 1 unspecified atom stereocenters. The molecule has 1 aliphatic carbocycles. The lowest BCUT2D eigenvalue weighted by molar-refractivity contribution is -0.133. The molecule has 1 saturated carbocycles. The van der Waals surface area contributed by atoms with Crippen molar-refractivity contribution < 1.29 is 14.4 Å². The molecule has 1 N–H and O–H groups in total. The second-order valence-electron chi connectivity index (χ2n) is 10.2. The molecule has 3 heterocycles. The zero-order valence-corrected chi connectivity index (χ0v) is 21.4. The Morgan fingerprint density at radius 2 is 1.78 bits per heavy atom. The lowest BCUT2D eigenvalue weighted by Crippen LogP contribution is -2.64. The number of anilines is 1. The number of benzene rings is 1. The maximum Gasteiger partial charge on any atom is 0.274 e. The minimum Gasteiger partial charge on any atom is -0.368 e. The highest BCUT2D eigenvalue weighted by molar-refractivity contribution is 6.02. The van der Waals surface area contributed by atoms with Crippen LogP contribution in [-0.4, -0.2) is 81.6 Å². The minimum atomic E-state index is -1.08. The van der Waals surface area contributed by atoms with Gasteiger partial charge in [0.15, 0.2) is 5.69 Å². The lowest BCUT2D eigenvalue weighted by Gasteiger charge is -2.43. The molecular weight excluding hydrogens is 474 g/mol. The molecule has 1 saturated heterocycles. The number of carbonyl (C=O) groups excluding carboxylic acids is 3. The molecule has 0 spiro atoms. The number of rotatable bonds is 6.